The maximum absolute atomic E-state index is 15.6. The Bertz CT molecular complexity index is 903. The number of Topliss-reactive ketones (excluding diaryl/α,β-unsaturated/α-hetero) is 1. The van der Waals surface area contributed by atoms with Crippen molar-refractivity contribution in [3.05, 3.63) is 83.4 Å². The van der Waals surface area contributed by atoms with Crippen LogP contribution in [0, 0.1) is 0 Å². The van der Waals surface area contributed by atoms with Crippen molar-refractivity contribution in [1.29, 1.82) is 0 Å². The number of fused-ring (bicyclic) bond motifs is 2. The number of benzene rings is 3. The van der Waals surface area contributed by atoms with Crippen molar-refractivity contribution in [3.63, 3.8) is 0 Å². The Kier molecular flexibility index (Phi) is 2.68. The van der Waals surface area contributed by atoms with Gasteiger partial charge in [-0.05, 0) is 22.4 Å². The monoisotopic (exact) mass is 292 g/mol. The molecule has 1 unspecified atom stereocenters. The number of hydrogen-bond acceptors (Lipinski definition) is 2. The van der Waals surface area contributed by atoms with Gasteiger partial charge in [0.25, 0.3) is 0 Å². The second kappa shape index (κ2) is 4.49. The van der Waals surface area contributed by atoms with Crippen LogP contribution in [0.25, 0.3) is 10.8 Å². The number of aliphatic hydroxyl groups is 1. The number of rotatable bonds is 1. The summed E-state index contributed by atoms with van der Waals surface area (Å²) >= 11 is 0. The summed E-state index contributed by atoms with van der Waals surface area (Å²) in [5.41, 5.74) is -1.62. The first kappa shape index (κ1) is 13.2. The van der Waals surface area contributed by atoms with Crippen molar-refractivity contribution in [2.45, 2.75) is 11.8 Å². The quantitative estimate of drug-likeness (QED) is 0.737. The van der Waals surface area contributed by atoms with E-state index >= 15 is 4.39 Å². The first-order valence-electron chi connectivity index (χ1n) is 7.12. The molecule has 1 N–H and O–H groups in total. The topological polar surface area (TPSA) is 37.3 Å². The van der Waals surface area contributed by atoms with Gasteiger partial charge in [0.05, 0.1) is 0 Å². The molecule has 1 aliphatic rings. The first-order valence-corrected chi connectivity index (χ1v) is 7.12. The second-order valence-corrected chi connectivity index (χ2v) is 5.59. The van der Waals surface area contributed by atoms with Crippen LogP contribution in [0.2, 0.25) is 0 Å². The Morgan fingerprint density at radius 2 is 1.59 bits per heavy atom. The fourth-order valence-electron chi connectivity index (χ4n) is 3.18. The molecule has 3 aromatic rings. The van der Waals surface area contributed by atoms with Crippen molar-refractivity contribution in [1.82, 2.24) is 0 Å². The molecule has 2 nitrogen and oxygen atoms in total. The summed E-state index contributed by atoms with van der Waals surface area (Å²) in [6, 6.07) is 19.1. The predicted molar refractivity (Wildman–Crippen MR) is 82.5 cm³/mol. The molecule has 3 heteroatoms. The number of hydrogen-bond donors (Lipinski definition) is 1. The normalized spacial score (nSPS) is 23.7. The van der Waals surface area contributed by atoms with Gasteiger partial charge in [0.15, 0.2) is 0 Å². The molecule has 0 bridgehead atoms. The molecular formula is C19H13FO2. The number of carbonyl (C=O) groups is 1. The first-order chi connectivity index (χ1) is 10.6. The van der Waals surface area contributed by atoms with Gasteiger partial charge in [-0.1, -0.05) is 60.7 Å². The maximum atomic E-state index is 15.6. The standard InChI is InChI=1S/C19H13FO2/c20-19(14-10-9-12-5-1-2-6-13(12)11-14)17(21)15-7-3-4-8-16(15)18(19)22/h1-11,17,21H/t17?,19-/m0/s1. The highest BCUT2D eigenvalue weighted by Crippen LogP contribution is 2.48. The van der Waals surface area contributed by atoms with Gasteiger partial charge in [0.1, 0.15) is 6.10 Å². The lowest BCUT2D eigenvalue weighted by molar-refractivity contribution is 0.00754. The Balaban J connectivity index is 1.92. The summed E-state index contributed by atoms with van der Waals surface area (Å²) in [4.78, 5) is 12.5. The highest BCUT2D eigenvalue weighted by Gasteiger charge is 2.54. The summed E-state index contributed by atoms with van der Waals surface area (Å²) in [6.07, 6.45) is -1.47. The van der Waals surface area contributed by atoms with Gasteiger partial charge in [-0.2, -0.15) is 0 Å². The molecule has 0 amide bonds. The molecule has 0 saturated heterocycles. The highest BCUT2D eigenvalue weighted by molar-refractivity contribution is 6.08. The largest absolute Gasteiger partial charge is 0.384 e. The lowest BCUT2D eigenvalue weighted by Crippen LogP contribution is -2.31. The van der Waals surface area contributed by atoms with Crippen molar-refractivity contribution in [2.24, 2.45) is 0 Å². The van der Waals surface area contributed by atoms with E-state index < -0.39 is 17.6 Å². The molecule has 4 rings (SSSR count). The fourth-order valence-corrected chi connectivity index (χ4v) is 3.18. The van der Waals surface area contributed by atoms with E-state index in [1.54, 1.807) is 42.5 Å². The number of aliphatic hydroxyl groups excluding tert-OH is 1. The molecule has 0 aromatic heterocycles. The molecule has 0 fully saturated rings. The molecule has 0 spiro atoms. The van der Waals surface area contributed by atoms with E-state index in [0.29, 0.717) is 5.56 Å². The van der Waals surface area contributed by atoms with Crippen LogP contribution in [-0.2, 0) is 5.67 Å². The van der Waals surface area contributed by atoms with Crippen LogP contribution in [0.5, 0.6) is 0 Å². The van der Waals surface area contributed by atoms with Gasteiger partial charge in [0.2, 0.25) is 11.5 Å². The number of ketones is 1. The smallest absolute Gasteiger partial charge is 0.228 e. The molecule has 22 heavy (non-hydrogen) atoms. The molecule has 3 aromatic carbocycles. The predicted octanol–water partition coefficient (Wildman–Crippen LogP) is 3.93. The summed E-state index contributed by atoms with van der Waals surface area (Å²) in [6.45, 7) is 0. The zero-order chi connectivity index (χ0) is 15.3. The van der Waals surface area contributed by atoms with Crippen LogP contribution in [0.3, 0.4) is 0 Å². The highest BCUT2D eigenvalue weighted by atomic mass is 19.1. The number of alkyl halides is 1. The van der Waals surface area contributed by atoms with Gasteiger partial charge in [-0.25, -0.2) is 4.39 Å². The summed E-state index contributed by atoms with van der Waals surface area (Å²) in [5.74, 6) is -0.675. The van der Waals surface area contributed by atoms with Gasteiger partial charge in [-0.15, -0.1) is 0 Å². The summed E-state index contributed by atoms with van der Waals surface area (Å²) < 4.78 is 15.6. The Morgan fingerprint density at radius 1 is 0.909 bits per heavy atom. The van der Waals surface area contributed by atoms with Crippen LogP contribution in [0.4, 0.5) is 4.39 Å². The SMILES string of the molecule is O=C1c2ccccc2C(O)[C@@]1(F)c1ccc2ccccc2c1. The Hall–Kier alpha value is -2.52. The van der Waals surface area contributed by atoms with E-state index in [-0.39, 0.29) is 11.1 Å². The van der Waals surface area contributed by atoms with Crippen LogP contribution in [0.1, 0.15) is 27.6 Å². The molecule has 0 radical (unpaired) electrons. The molecule has 0 aliphatic heterocycles. The minimum Gasteiger partial charge on any atom is -0.384 e. The van der Waals surface area contributed by atoms with Crippen molar-refractivity contribution < 1.29 is 14.3 Å². The molecule has 1 aliphatic carbocycles. The molecule has 108 valence electrons. The van der Waals surface area contributed by atoms with E-state index in [9.17, 15) is 9.90 Å². The minimum atomic E-state index is -2.42. The molecule has 0 heterocycles. The third kappa shape index (κ3) is 1.60. The molecule has 0 saturated carbocycles. The summed E-state index contributed by atoms with van der Waals surface area (Å²) in [5, 5.41) is 12.2. The van der Waals surface area contributed by atoms with Crippen LogP contribution >= 0.6 is 0 Å². The van der Waals surface area contributed by atoms with Crippen LogP contribution < -0.4 is 0 Å². The van der Waals surface area contributed by atoms with Gasteiger partial charge in [0, 0.05) is 11.1 Å². The zero-order valence-corrected chi connectivity index (χ0v) is 11.7. The molecule has 2 atom stereocenters. The van der Waals surface area contributed by atoms with Gasteiger partial charge in [-0.3, -0.25) is 4.79 Å². The second-order valence-electron chi connectivity index (χ2n) is 5.59. The molecular weight excluding hydrogens is 279 g/mol. The Labute approximate surface area is 126 Å². The van der Waals surface area contributed by atoms with E-state index in [1.165, 1.54) is 0 Å². The lowest BCUT2D eigenvalue weighted by Gasteiger charge is -2.23. The minimum absolute atomic E-state index is 0.194. The average Bonchev–Trinajstić information content (AvgIpc) is 2.77. The third-order valence-electron chi connectivity index (χ3n) is 4.38. The van der Waals surface area contributed by atoms with Gasteiger partial charge < -0.3 is 5.11 Å². The fraction of sp³-hybridized carbons (Fsp3) is 0.105. The van der Waals surface area contributed by atoms with Crippen molar-refractivity contribution >= 4 is 16.6 Å². The lowest BCUT2D eigenvalue weighted by atomic mass is 9.88. The van der Waals surface area contributed by atoms with Crippen molar-refractivity contribution in [2.75, 3.05) is 0 Å². The van der Waals surface area contributed by atoms with E-state index in [0.717, 1.165) is 10.8 Å². The third-order valence-corrected chi connectivity index (χ3v) is 4.38. The Morgan fingerprint density at radius 3 is 2.36 bits per heavy atom. The summed E-state index contributed by atoms with van der Waals surface area (Å²) in [7, 11) is 0. The van der Waals surface area contributed by atoms with Crippen LogP contribution in [0.15, 0.2) is 66.7 Å². The van der Waals surface area contributed by atoms with Crippen LogP contribution in [-0.4, -0.2) is 10.9 Å². The van der Waals surface area contributed by atoms with E-state index in [4.69, 9.17) is 0 Å². The average molecular weight is 292 g/mol. The number of halogens is 1. The van der Waals surface area contributed by atoms with Crippen molar-refractivity contribution in [3.8, 4) is 0 Å². The van der Waals surface area contributed by atoms with Gasteiger partial charge >= 0.3 is 0 Å². The maximum Gasteiger partial charge on any atom is 0.228 e. The van der Waals surface area contributed by atoms with E-state index in [2.05, 4.69) is 0 Å². The number of carbonyl (C=O) groups excluding carboxylic acids is 1. The van der Waals surface area contributed by atoms with E-state index in [1.807, 2.05) is 24.3 Å². The zero-order valence-electron chi connectivity index (χ0n) is 11.7.